The number of aryl methyl sites for hydroxylation is 1. The maximum atomic E-state index is 11.1. The number of aromatic carboxylic acids is 1. The fourth-order valence-corrected chi connectivity index (χ4v) is 2.29. The van der Waals surface area contributed by atoms with E-state index < -0.39 is 5.97 Å². The molecule has 0 radical (unpaired) electrons. The smallest absolute Gasteiger partial charge is 0.339 e. The van der Waals surface area contributed by atoms with Crippen LogP contribution in [0.4, 0.5) is 0 Å². The third-order valence-electron chi connectivity index (χ3n) is 3.17. The summed E-state index contributed by atoms with van der Waals surface area (Å²) in [6.45, 7) is 6.95. The number of morpholine rings is 1. The Morgan fingerprint density at radius 1 is 1.61 bits per heavy atom. The van der Waals surface area contributed by atoms with Crippen LogP contribution in [0.25, 0.3) is 0 Å². The van der Waals surface area contributed by atoms with Crippen molar-refractivity contribution in [2.24, 2.45) is 7.05 Å². The number of carboxylic acid groups (broad SMARTS) is 1. The van der Waals surface area contributed by atoms with Crippen molar-refractivity contribution >= 4 is 5.97 Å². The largest absolute Gasteiger partial charge is 0.478 e. The highest BCUT2D eigenvalue weighted by Crippen LogP contribution is 2.19. The van der Waals surface area contributed by atoms with E-state index in [1.54, 1.807) is 11.7 Å². The number of hydrogen-bond donors (Lipinski definition) is 1. The van der Waals surface area contributed by atoms with E-state index >= 15 is 0 Å². The Labute approximate surface area is 106 Å². The van der Waals surface area contributed by atoms with Crippen molar-refractivity contribution in [3.8, 4) is 0 Å². The fraction of sp³-hybridized carbons (Fsp3) is 0.667. The monoisotopic (exact) mass is 253 g/mol. The number of carboxylic acids is 1. The first-order valence-electron chi connectivity index (χ1n) is 5.99. The molecular weight excluding hydrogens is 234 g/mol. The predicted octanol–water partition coefficient (Wildman–Crippen LogP) is 0.729. The van der Waals surface area contributed by atoms with Gasteiger partial charge >= 0.3 is 5.97 Å². The first kappa shape index (κ1) is 13.0. The summed E-state index contributed by atoms with van der Waals surface area (Å²) in [5.74, 6) is -0.925. The van der Waals surface area contributed by atoms with Crippen molar-refractivity contribution in [3.05, 3.63) is 17.5 Å². The Morgan fingerprint density at radius 2 is 2.33 bits per heavy atom. The van der Waals surface area contributed by atoms with E-state index in [1.165, 1.54) is 6.20 Å². The number of rotatable bonds is 3. The van der Waals surface area contributed by atoms with Crippen LogP contribution in [0.15, 0.2) is 6.20 Å². The van der Waals surface area contributed by atoms with Crippen LogP contribution in [-0.2, 0) is 18.3 Å². The van der Waals surface area contributed by atoms with Crippen LogP contribution in [0.3, 0.4) is 0 Å². The molecule has 0 aliphatic carbocycles. The van der Waals surface area contributed by atoms with Gasteiger partial charge in [-0.15, -0.1) is 0 Å². The van der Waals surface area contributed by atoms with Gasteiger partial charge in [-0.25, -0.2) is 4.79 Å². The maximum Gasteiger partial charge on any atom is 0.339 e. The first-order chi connectivity index (χ1) is 8.39. The minimum Gasteiger partial charge on any atom is -0.478 e. The molecule has 0 unspecified atom stereocenters. The average molecular weight is 253 g/mol. The fourth-order valence-electron chi connectivity index (χ4n) is 2.29. The van der Waals surface area contributed by atoms with Crippen molar-refractivity contribution < 1.29 is 14.6 Å². The molecule has 18 heavy (non-hydrogen) atoms. The van der Waals surface area contributed by atoms with Gasteiger partial charge in [0.05, 0.1) is 24.1 Å². The van der Waals surface area contributed by atoms with E-state index in [2.05, 4.69) is 10.00 Å². The summed E-state index contributed by atoms with van der Waals surface area (Å²) >= 11 is 0. The lowest BCUT2D eigenvalue weighted by Gasteiger charge is -2.38. The summed E-state index contributed by atoms with van der Waals surface area (Å²) in [5, 5.41) is 13.1. The van der Waals surface area contributed by atoms with Crippen molar-refractivity contribution in [2.45, 2.75) is 26.0 Å². The van der Waals surface area contributed by atoms with Gasteiger partial charge < -0.3 is 9.84 Å². The molecule has 0 spiro atoms. The van der Waals surface area contributed by atoms with Crippen molar-refractivity contribution in [2.75, 3.05) is 19.7 Å². The molecule has 1 fully saturated rings. The lowest BCUT2D eigenvalue weighted by molar-refractivity contribution is -0.0887. The van der Waals surface area contributed by atoms with Crippen LogP contribution >= 0.6 is 0 Å². The summed E-state index contributed by atoms with van der Waals surface area (Å²) < 4.78 is 7.27. The topological polar surface area (TPSA) is 67.6 Å². The summed E-state index contributed by atoms with van der Waals surface area (Å²) in [5.41, 5.74) is 0.835. The Kier molecular flexibility index (Phi) is 3.41. The van der Waals surface area contributed by atoms with E-state index in [9.17, 15) is 4.79 Å². The highest BCUT2D eigenvalue weighted by molar-refractivity contribution is 5.88. The lowest BCUT2D eigenvalue weighted by Crippen LogP contribution is -2.48. The highest BCUT2D eigenvalue weighted by Gasteiger charge is 2.28. The first-order valence-corrected chi connectivity index (χ1v) is 5.99. The highest BCUT2D eigenvalue weighted by atomic mass is 16.5. The standard InChI is InChI=1S/C12H19N3O3/c1-12(2)8-15(4-5-18-12)7-10-9(11(16)17)6-13-14(10)3/h6H,4-5,7-8H2,1-3H3,(H,16,17). The second-order valence-corrected chi connectivity index (χ2v) is 5.25. The normalized spacial score (nSPS) is 19.9. The molecule has 6 heteroatoms. The number of ether oxygens (including phenoxy) is 1. The average Bonchev–Trinajstić information content (AvgIpc) is 2.59. The number of hydrogen-bond acceptors (Lipinski definition) is 4. The third-order valence-corrected chi connectivity index (χ3v) is 3.17. The lowest BCUT2D eigenvalue weighted by atomic mass is 10.1. The van der Waals surface area contributed by atoms with Gasteiger partial charge in [-0.2, -0.15) is 5.10 Å². The SMILES string of the molecule is Cn1ncc(C(=O)O)c1CN1CCOC(C)(C)C1. The summed E-state index contributed by atoms with van der Waals surface area (Å²) in [6, 6.07) is 0. The van der Waals surface area contributed by atoms with Gasteiger partial charge in [-0.05, 0) is 13.8 Å². The Bertz CT molecular complexity index is 453. The van der Waals surface area contributed by atoms with Gasteiger partial charge in [0, 0.05) is 26.7 Å². The van der Waals surface area contributed by atoms with E-state index in [0.717, 1.165) is 18.8 Å². The minimum atomic E-state index is -0.925. The Hall–Kier alpha value is -1.40. The number of nitrogens with zero attached hydrogens (tertiary/aromatic N) is 3. The zero-order valence-corrected chi connectivity index (χ0v) is 11.0. The molecule has 1 aliphatic heterocycles. The molecule has 1 aromatic rings. The molecule has 0 atom stereocenters. The van der Waals surface area contributed by atoms with Gasteiger partial charge in [0.2, 0.25) is 0 Å². The molecule has 1 aromatic heterocycles. The molecule has 100 valence electrons. The molecule has 1 N–H and O–H groups in total. The quantitative estimate of drug-likeness (QED) is 0.860. The van der Waals surface area contributed by atoms with Crippen molar-refractivity contribution in [3.63, 3.8) is 0 Å². The van der Waals surface area contributed by atoms with Crippen LogP contribution in [-0.4, -0.2) is 51.1 Å². The molecule has 0 bridgehead atoms. The maximum absolute atomic E-state index is 11.1. The molecule has 1 saturated heterocycles. The second-order valence-electron chi connectivity index (χ2n) is 5.25. The van der Waals surface area contributed by atoms with Crippen LogP contribution in [0.1, 0.15) is 29.9 Å². The number of carbonyl (C=O) groups is 1. The van der Waals surface area contributed by atoms with Gasteiger partial charge in [0.15, 0.2) is 0 Å². The molecule has 0 aromatic carbocycles. The summed E-state index contributed by atoms with van der Waals surface area (Å²) in [4.78, 5) is 13.3. The van der Waals surface area contributed by atoms with Crippen LogP contribution < -0.4 is 0 Å². The zero-order valence-electron chi connectivity index (χ0n) is 11.0. The van der Waals surface area contributed by atoms with E-state index in [1.807, 2.05) is 13.8 Å². The molecule has 0 amide bonds. The van der Waals surface area contributed by atoms with Crippen LogP contribution in [0.2, 0.25) is 0 Å². The second kappa shape index (κ2) is 4.70. The molecule has 0 saturated carbocycles. The summed E-state index contributed by atoms with van der Waals surface area (Å²) in [6.07, 6.45) is 1.41. The van der Waals surface area contributed by atoms with Gasteiger partial charge in [0.1, 0.15) is 5.56 Å². The van der Waals surface area contributed by atoms with E-state index in [4.69, 9.17) is 9.84 Å². The van der Waals surface area contributed by atoms with Gasteiger partial charge in [0.25, 0.3) is 0 Å². The Morgan fingerprint density at radius 3 is 2.94 bits per heavy atom. The van der Waals surface area contributed by atoms with Crippen LogP contribution in [0, 0.1) is 0 Å². The predicted molar refractivity (Wildman–Crippen MR) is 65.5 cm³/mol. The molecule has 1 aliphatic rings. The molecule has 2 heterocycles. The molecule has 6 nitrogen and oxygen atoms in total. The van der Waals surface area contributed by atoms with E-state index in [0.29, 0.717) is 13.2 Å². The van der Waals surface area contributed by atoms with Gasteiger partial charge in [-0.1, -0.05) is 0 Å². The minimum absolute atomic E-state index is 0.180. The van der Waals surface area contributed by atoms with Gasteiger partial charge in [-0.3, -0.25) is 9.58 Å². The molecular formula is C12H19N3O3. The molecule has 2 rings (SSSR count). The van der Waals surface area contributed by atoms with E-state index in [-0.39, 0.29) is 11.2 Å². The zero-order chi connectivity index (χ0) is 13.3. The van der Waals surface area contributed by atoms with Crippen molar-refractivity contribution in [1.82, 2.24) is 14.7 Å². The third kappa shape index (κ3) is 2.70. The Balaban J connectivity index is 2.14. The number of aromatic nitrogens is 2. The summed E-state index contributed by atoms with van der Waals surface area (Å²) in [7, 11) is 1.77. The van der Waals surface area contributed by atoms with Crippen LogP contribution in [0.5, 0.6) is 0 Å². The van der Waals surface area contributed by atoms with Crippen molar-refractivity contribution in [1.29, 1.82) is 0 Å².